The smallest absolute Gasteiger partial charge is 0.217 e. The van der Waals surface area contributed by atoms with Crippen molar-refractivity contribution in [1.82, 2.24) is 14.1 Å². The minimum atomic E-state index is -3.40. The van der Waals surface area contributed by atoms with Crippen LogP contribution in [0.15, 0.2) is 72.9 Å². The summed E-state index contributed by atoms with van der Waals surface area (Å²) in [6.07, 6.45) is 2.97. The number of hydrogen-bond donors (Lipinski definition) is 0. The van der Waals surface area contributed by atoms with E-state index in [9.17, 15) is 12.8 Å². The number of aryl methyl sites for hydroxylation is 1. The first kappa shape index (κ1) is 24.0. The summed E-state index contributed by atoms with van der Waals surface area (Å²) in [4.78, 5) is 0. The molecule has 0 radical (unpaired) electrons. The summed E-state index contributed by atoms with van der Waals surface area (Å²) in [5, 5.41) is 5.24. The largest absolute Gasteiger partial charge is 0.381 e. The molecule has 2 aliphatic heterocycles. The Morgan fingerprint density at radius 3 is 2.50 bits per heavy atom. The molecule has 1 aliphatic carbocycles. The molecule has 38 heavy (non-hydrogen) atoms. The molecule has 6 nitrogen and oxygen atoms in total. The van der Waals surface area contributed by atoms with Crippen molar-refractivity contribution >= 4 is 20.9 Å². The van der Waals surface area contributed by atoms with Crippen LogP contribution in [0.5, 0.6) is 0 Å². The molecule has 3 aromatic carbocycles. The molecule has 1 aromatic heterocycles. The van der Waals surface area contributed by atoms with Crippen molar-refractivity contribution in [3.63, 3.8) is 0 Å². The normalized spacial score (nSPS) is 26.1. The second kappa shape index (κ2) is 8.73. The fourth-order valence-corrected chi connectivity index (χ4v) is 9.04. The topological polar surface area (TPSA) is 64.4 Å². The number of piperidine rings is 1. The number of benzene rings is 3. The van der Waals surface area contributed by atoms with Gasteiger partial charge in [-0.05, 0) is 78.8 Å². The summed E-state index contributed by atoms with van der Waals surface area (Å²) < 4.78 is 49.9. The lowest BCUT2D eigenvalue weighted by Crippen LogP contribution is -2.42. The number of halogens is 1. The fourth-order valence-electron chi connectivity index (χ4n) is 7.07. The van der Waals surface area contributed by atoms with E-state index in [4.69, 9.17) is 4.74 Å². The monoisotopic (exact) mass is 531 g/mol. The molecule has 3 fully saturated rings. The Hall–Kier alpha value is -3.07. The second-order valence-corrected chi connectivity index (χ2v) is 13.2. The standard InChI is InChI=1S/C30H30FN3O3S/c1-20-15-28-22(17-32-34(28)24-9-7-23(31)8-10-24)16-26(20)30-19-33(38(35,36)25-11-13-37-14-12-25)18-27(30)29(30)21-5-3-2-4-6-21/h2-10,15-17,25,27,29H,11-14,18-19H2,1H3. The van der Waals surface area contributed by atoms with Gasteiger partial charge in [0.15, 0.2) is 0 Å². The van der Waals surface area contributed by atoms with Crippen LogP contribution in [0.4, 0.5) is 4.39 Å². The van der Waals surface area contributed by atoms with Gasteiger partial charge in [0, 0.05) is 43.0 Å². The Balaban J connectivity index is 1.30. The highest BCUT2D eigenvalue weighted by Gasteiger charge is 2.71. The van der Waals surface area contributed by atoms with Gasteiger partial charge < -0.3 is 4.74 Å². The molecule has 3 aliphatic rings. The first-order chi connectivity index (χ1) is 18.4. The van der Waals surface area contributed by atoms with Gasteiger partial charge in [-0.15, -0.1) is 0 Å². The summed E-state index contributed by atoms with van der Waals surface area (Å²) in [7, 11) is -3.40. The SMILES string of the molecule is Cc1cc2c(cnn2-c2ccc(F)cc2)cc1C12CN(S(=O)(=O)C3CCOCC3)CC1C2c1ccccc1. The number of fused-ring (bicyclic) bond motifs is 2. The fraction of sp³-hybridized carbons (Fsp3) is 0.367. The number of aromatic nitrogens is 2. The lowest BCUT2D eigenvalue weighted by atomic mass is 9.87. The van der Waals surface area contributed by atoms with Gasteiger partial charge in [-0.25, -0.2) is 21.8 Å². The minimum Gasteiger partial charge on any atom is -0.381 e. The second-order valence-electron chi connectivity index (χ2n) is 10.9. The first-order valence-electron chi connectivity index (χ1n) is 13.3. The number of nitrogens with zero attached hydrogens (tertiary/aromatic N) is 3. The molecule has 4 aromatic rings. The van der Waals surface area contributed by atoms with Gasteiger partial charge in [0.2, 0.25) is 10.0 Å². The quantitative estimate of drug-likeness (QED) is 0.366. The summed E-state index contributed by atoms with van der Waals surface area (Å²) in [5.41, 5.74) is 5.07. The third kappa shape index (κ3) is 3.57. The van der Waals surface area contributed by atoms with E-state index in [0.717, 1.165) is 22.2 Å². The van der Waals surface area contributed by atoms with Crippen molar-refractivity contribution in [2.24, 2.45) is 5.92 Å². The molecule has 1 saturated carbocycles. The van der Waals surface area contributed by atoms with Gasteiger partial charge in [0.05, 0.1) is 22.7 Å². The Morgan fingerprint density at radius 1 is 1.03 bits per heavy atom. The van der Waals surface area contributed by atoms with E-state index in [1.165, 1.54) is 23.3 Å². The maximum atomic E-state index is 13.7. The minimum absolute atomic E-state index is 0.225. The highest BCUT2D eigenvalue weighted by Crippen LogP contribution is 2.70. The molecule has 3 unspecified atom stereocenters. The Morgan fingerprint density at radius 2 is 1.76 bits per heavy atom. The lowest BCUT2D eigenvalue weighted by molar-refractivity contribution is 0.0972. The molecular formula is C30H30FN3O3S. The zero-order valence-corrected chi connectivity index (χ0v) is 22.1. The van der Waals surface area contributed by atoms with Crippen LogP contribution in [0, 0.1) is 18.7 Å². The van der Waals surface area contributed by atoms with Gasteiger partial charge in [0.25, 0.3) is 0 Å². The predicted molar refractivity (Wildman–Crippen MR) is 144 cm³/mol. The third-order valence-corrected chi connectivity index (χ3v) is 11.3. The predicted octanol–water partition coefficient (Wildman–Crippen LogP) is 4.95. The summed E-state index contributed by atoms with van der Waals surface area (Å²) >= 11 is 0. The zero-order valence-electron chi connectivity index (χ0n) is 21.3. The molecule has 7 rings (SSSR count). The average Bonchev–Trinajstić information content (AvgIpc) is 3.20. The first-order valence-corrected chi connectivity index (χ1v) is 14.8. The molecule has 3 heterocycles. The number of ether oxygens (including phenoxy) is 1. The van der Waals surface area contributed by atoms with Gasteiger partial charge in [-0.1, -0.05) is 30.3 Å². The van der Waals surface area contributed by atoms with Crippen LogP contribution in [0.25, 0.3) is 16.6 Å². The zero-order chi connectivity index (χ0) is 26.1. The highest BCUT2D eigenvalue weighted by atomic mass is 32.2. The van der Waals surface area contributed by atoms with Crippen molar-refractivity contribution < 1.29 is 17.5 Å². The van der Waals surface area contributed by atoms with E-state index in [2.05, 4.69) is 48.4 Å². The van der Waals surface area contributed by atoms with Crippen LogP contribution >= 0.6 is 0 Å². The van der Waals surface area contributed by atoms with Crippen LogP contribution < -0.4 is 0 Å². The molecule has 8 heteroatoms. The molecule has 196 valence electrons. The Kier molecular flexibility index (Phi) is 5.51. The van der Waals surface area contributed by atoms with Crippen LogP contribution in [0.1, 0.15) is 35.4 Å². The summed E-state index contributed by atoms with van der Waals surface area (Å²) in [5.74, 6) is 0.215. The van der Waals surface area contributed by atoms with E-state index in [1.807, 2.05) is 16.9 Å². The number of rotatable bonds is 5. The van der Waals surface area contributed by atoms with E-state index in [0.29, 0.717) is 39.1 Å². The molecule has 0 spiro atoms. The van der Waals surface area contributed by atoms with E-state index >= 15 is 0 Å². The van der Waals surface area contributed by atoms with Gasteiger partial charge in [-0.2, -0.15) is 5.10 Å². The van der Waals surface area contributed by atoms with Gasteiger partial charge in [-0.3, -0.25) is 0 Å². The number of hydrogen-bond acceptors (Lipinski definition) is 4. The lowest BCUT2D eigenvalue weighted by Gasteiger charge is -2.30. The average molecular weight is 532 g/mol. The van der Waals surface area contributed by atoms with Crippen molar-refractivity contribution in [3.8, 4) is 5.69 Å². The highest BCUT2D eigenvalue weighted by molar-refractivity contribution is 7.89. The maximum absolute atomic E-state index is 13.7. The van der Waals surface area contributed by atoms with Crippen LogP contribution in [0.3, 0.4) is 0 Å². The van der Waals surface area contributed by atoms with Crippen molar-refractivity contribution in [1.29, 1.82) is 0 Å². The molecule has 0 N–H and O–H groups in total. The Bertz CT molecular complexity index is 1610. The summed E-state index contributed by atoms with van der Waals surface area (Å²) in [6.45, 7) is 4.17. The number of sulfonamides is 1. The molecule has 0 bridgehead atoms. The molecule has 0 amide bonds. The van der Waals surface area contributed by atoms with Crippen molar-refractivity contribution in [3.05, 3.63) is 95.4 Å². The molecule has 3 atom stereocenters. The molecule has 2 saturated heterocycles. The summed E-state index contributed by atoms with van der Waals surface area (Å²) in [6, 6.07) is 21.2. The van der Waals surface area contributed by atoms with Crippen LogP contribution in [-0.4, -0.2) is 54.1 Å². The van der Waals surface area contributed by atoms with E-state index < -0.39 is 10.0 Å². The van der Waals surface area contributed by atoms with Crippen molar-refractivity contribution in [2.75, 3.05) is 26.3 Å². The van der Waals surface area contributed by atoms with Crippen LogP contribution in [-0.2, 0) is 20.2 Å². The maximum Gasteiger partial charge on any atom is 0.217 e. The third-order valence-electron chi connectivity index (χ3n) is 8.94. The van der Waals surface area contributed by atoms with Crippen molar-refractivity contribution in [2.45, 2.75) is 36.3 Å². The van der Waals surface area contributed by atoms with E-state index in [-0.39, 0.29) is 28.3 Å². The van der Waals surface area contributed by atoms with Crippen LogP contribution in [0.2, 0.25) is 0 Å². The van der Waals surface area contributed by atoms with E-state index in [1.54, 1.807) is 16.4 Å². The van der Waals surface area contributed by atoms with Gasteiger partial charge in [0.1, 0.15) is 5.82 Å². The van der Waals surface area contributed by atoms with Gasteiger partial charge >= 0.3 is 0 Å². The Labute approximate surface area is 222 Å². The molecular weight excluding hydrogens is 501 g/mol.